The Hall–Kier alpha value is -2.15. The quantitative estimate of drug-likeness (QED) is 0.572. The molecule has 0 radical (unpaired) electrons. The van der Waals surface area contributed by atoms with E-state index in [2.05, 4.69) is 37.3 Å². The van der Waals surface area contributed by atoms with Crippen LogP contribution < -0.4 is 0 Å². The van der Waals surface area contributed by atoms with Crippen LogP contribution >= 0.6 is 0 Å². The molecule has 1 nitrogen and oxygen atoms in total. The second kappa shape index (κ2) is 4.61. The van der Waals surface area contributed by atoms with Crippen molar-refractivity contribution in [3.8, 4) is 11.3 Å². The summed E-state index contributed by atoms with van der Waals surface area (Å²) in [6.07, 6.45) is 1.01. The summed E-state index contributed by atoms with van der Waals surface area (Å²) in [5.41, 5.74) is 3.41. The van der Waals surface area contributed by atoms with Crippen LogP contribution in [0.3, 0.4) is 0 Å². The van der Waals surface area contributed by atoms with Crippen LogP contribution in [-0.2, 0) is 6.42 Å². The highest BCUT2D eigenvalue weighted by molar-refractivity contribution is 5.82. The first kappa shape index (κ1) is 11.0. The number of aryl methyl sites for hydroxylation is 1. The van der Waals surface area contributed by atoms with Gasteiger partial charge in [0.2, 0.25) is 0 Å². The van der Waals surface area contributed by atoms with Gasteiger partial charge in [-0.1, -0.05) is 37.3 Å². The zero-order valence-electron chi connectivity index (χ0n) is 10.4. The van der Waals surface area contributed by atoms with Gasteiger partial charge in [0.15, 0.2) is 0 Å². The normalized spacial score (nSPS) is 10.7. The van der Waals surface area contributed by atoms with Crippen molar-refractivity contribution < 1.29 is 4.42 Å². The summed E-state index contributed by atoms with van der Waals surface area (Å²) in [5, 5.41) is 1.21. The Kier molecular flexibility index (Phi) is 2.81. The highest BCUT2D eigenvalue weighted by Gasteiger charge is 2.17. The van der Waals surface area contributed by atoms with Gasteiger partial charge in [-0.15, -0.1) is 0 Å². The Balaban J connectivity index is 2.26. The molecule has 0 saturated carbocycles. The third-order valence-corrected chi connectivity index (χ3v) is 3.20. The number of hydrogen-bond acceptors (Lipinski definition) is 0. The van der Waals surface area contributed by atoms with Crippen molar-refractivity contribution in [3.63, 3.8) is 0 Å². The number of benzene rings is 2. The molecule has 0 amide bonds. The molecule has 1 heteroatoms. The summed E-state index contributed by atoms with van der Waals surface area (Å²) in [5.74, 6) is 0.936. The van der Waals surface area contributed by atoms with E-state index in [9.17, 15) is 0 Å². The minimum Gasteiger partial charge on any atom is -0.207 e. The summed E-state index contributed by atoms with van der Waals surface area (Å²) >= 11 is 0. The van der Waals surface area contributed by atoms with Crippen LogP contribution in [-0.4, -0.2) is 0 Å². The lowest BCUT2D eigenvalue weighted by Gasteiger charge is -1.99. The van der Waals surface area contributed by atoms with Crippen molar-refractivity contribution in [2.45, 2.75) is 13.3 Å². The Bertz CT molecular complexity index is 672. The van der Waals surface area contributed by atoms with E-state index in [1.54, 1.807) is 0 Å². The van der Waals surface area contributed by atoms with Gasteiger partial charge in [-0.3, -0.25) is 0 Å². The Morgan fingerprint density at radius 1 is 0.889 bits per heavy atom. The molecule has 3 aromatic rings. The standard InChI is InChI=1S/C17H15O/c1-2-13-12-17(14-8-4-3-5-9-14)18-16-11-7-6-10-15(13)16/h3-12H,2H2,1H3/q+1. The van der Waals surface area contributed by atoms with Crippen molar-refractivity contribution in [2.75, 3.05) is 0 Å². The van der Waals surface area contributed by atoms with E-state index in [-0.39, 0.29) is 0 Å². The maximum Gasteiger partial charge on any atom is 0.361 e. The van der Waals surface area contributed by atoms with Crippen LogP contribution in [0.4, 0.5) is 0 Å². The Morgan fingerprint density at radius 2 is 1.61 bits per heavy atom. The highest BCUT2D eigenvalue weighted by Crippen LogP contribution is 2.27. The van der Waals surface area contributed by atoms with Crippen molar-refractivity contribution in [1.29, 1.82) is 0 Å². The average molecular weight is 235 g/mol. The van der Waals surface area contributed by atoms with Gasteiger partial charge >= 0.3 is 11.3 Å². The number of para-hydroxylation sites is 1. The van der Waals surface area contributed by atoms with Crippen molar-refractivity contribution in [2.24, 2.45) is 0 Å². The molecule has 0 bridgehead atoms. The molecule has 2 aromatic carbocycles. The van der Waals surface area contributed by atoms with Gasteiger partial charge in [-0.2, -0.15) is 0 Å². The third kappa shape index (κ3) is 1.88. The molecule has 0 aliphatic heterocycles. The van der Waals surface area contributed by atoms with Gasteiger partial charge in [0.05, 0.1) is 10.9 Å². The Morgan fingerprint density at radius 3 is 2.39 bits per heavy atom. The van der Waals surface area contributed by atoms with Gasteiger partial charge in [0, 0.05) is 12.1 Å². The summed E-state index contributed by atoms with van der Waals surface area (Å²) in [7, 11) is 0. The van der Waals surface area contributed by atoms with Gasteiger partial charge in [0.25, 0.3) is 0 Å². The van der Waals surface area contributed by atoms with Gasteiger partial charge in [0.1, 0.15) is 0 Å². The largest absolute Gasteiger partial charge is 0.361 e. The Labute approximate surface area is 107 Å². The third-order valence-electron chi connectivity index (χ3n) is 3.20. The second-order valence-electron chi connectivity index (χ2n) is 4.35. The monoisotopic (exact) mass is 235 g/mol. The molecule has 0 atom stereocenters. The number of hydrogen-bond donors (Lipinski definition) is 0. The SMILES string of the molecule is CCc1cc(-c2ccccc2)[o+]c2ccccc12. The fourth-order valence-electron chi connectivity index (χ4n) is 2.24. The van der Waals surface area contributed by atoms with Crippen molar-refractivity contribution >= 4 is 11.0 Å². The summed E-state index contributed by atoms with van der Waals surface area (Å²) < 4.78 is 5.99. The molecule has 0 spiro atoms. The lowest BCUT2D eigenvalue weighted by molar-refractivity contribution is 0.618. The van der Waals surface area contributed by atoms with Crippen LogP contribution in [0.5, 0.6) is 0 Å². The lowest BCUT2D eigenvalue weighted by Crippen LogP contribution is -1.86. The van der Waals surface area contributed by atoms with E-state index in [0.29, 0.717) is 0 Å². The van der Waals surface area contributed by atoms with E-state index in [4.69, 9.17) is 4.42 Å². The molecule has 0 fully saturated rings. The second-order valence-corrected chi connectivity index (χ2v) is 4.35. The molecule has 18 heavy (non-hydrogen) atoms. The van der Waals surface area contributed by atoms with E-state index < -0.39 is 0 Å². The molecule has 0 N–H and O–H groups in total. The lowest BCUT2D eigenvalue weighted by atomic mass is 10.0. The number of rotatable bonds is 2. The first-order valence-electron chi connectivity index (χ1n) is 6.28. The minimum absolute atomic E-state index is 0.936. The van der Waals surface area contributed by atoms with Gasteiger partial charge in [-0.25, -0.2) is 4.42 Å². The summed E-state index contributed by atoms with van der Waals surface area (Å²) in [6.45, 7) is 2.18. The first-order chi connectivity index (χ1) is 8.88. The van der Waals surface area contributed by atoms with Crippen molar-refractivity contribution in [1.82, 2.24) is 0 Å². The minimum atomic E-state index is 0.936. The molecule has 3 rings (SSSR count). The van der Waals surface area contributed by atoms with E-state index in [1.165, 1.54) is 10.9 Å². The zero-order valence-corrected chi connectivity index (χ0v) is 10.4. The fourth-order valence-corrected chi connectivity index (χ4v) is 2.24. The van der Waals surface area contributed by atoms with Crippen LogP contribution in [0.25, 0.3) is 22.3 Å². The van der Waals surface area contributed by atoms with Crippen LogP contribution in [0.15, 0.2) is 65.1 Å². The molecule has 1 heterocycles. The van der Waals surface area contributed by atoms with Crippen LogP contribution in [0, 0.1) is 0 Å². The maximum atomic E-state index is 5.99. The average Bonchev–Trinajstić information content (AvgIpc) is 2.47. The molecule has 0 aliphatic rings. The molecule has 0 saturated heterocycles. The van der Waals surface area contributed by atoms with Crippen molar-refractivity contribution in [3.05, 3.63) is 66.2 Å². The molecular formula is C17H15O+. The fraction of sp³-hybridized carbons (Fsp3) is 0.118. The topological polar surface area (TPSA) is 11.3 Å². The summed E-state index contributed by atoms with van der Waals surface area (Å²) in [6, 6.07) is 20.6. The first-order valence-corrected chi connectivity index (χ1v) is 6.28. The number of fused-ring (bicyclic) bond motifs is 1. The van der Waals surface area contributed by atoms with E-state index >= 15 is 0 Å². The molecule has 1 aromatic heterocycles. The van der Waals surface area contributed by atoms with Gasteiger partial charge < -0.3 is 0 Å². The van der Waals surface area contributed by atoms with Crippen LogP contribution in [0.2, 0.25) is 0 Å². The van der Waals surface area contributed by atoms with Crippen LogP contribution in [0.1, 0.15) is 12.5 Å². The molecule has 88 valence electrons. The maximum absolute atomic E-state index is 5.99. The van der Waals surface area contributed by atoms with E-state index in [1.807, 2.05) is 30.3 Å². The smallest absolute Gasteiger partial charge is 0.207 e. The molecular weight excluding hydrogens is 220 g/mol. The molecule has 0 unspecified atom stereocenters. The predicted octanol–water partition coefficient (Wildman–Crippen LogP) is 4.94. The zero-order chi connectivity index (χ0) is 12.4. The molecule has 0 aliphatic carbocycles. The highest BCUT2D eigenvalue weighted by atomic mass is 16.3. The van der Waals surface area contributed by atoms with E-state index in [0.717, 1.165) is 23.3 Å². The predicted molar refractivity (Wildman–Crippen MR) is 75.4 cm³/mol. The van der Waals surface area contributed by atoms with Gasteiger partial charge in [-0.05, 0) is 30.2 Å². The summed E-state index contributed by atoms with van der Waals surface area (Å²) in [4.78, 5) is 0.